The second-order valence-electron chi connectivity index (χ2n) is 7.84. The van der Waals surface area contributed by atoms with E-state index in [0.717, 1.165) is 29.9 Å². The van der Waals surface area contributed by atoms with E-state index in [1.165, 1.54) is 6.20 Å². The van der Waals surface area contributed by atoms with Gasteiger partial charge in [-0.05, 0) is 30.2 Å². The fourth-order valence-corrected chi connectivity index (χ4v) is 3.81. The highest BCUT2D eigenvalue weighted by Crippen LogP contribution is 2.28. The van der Waals surface area contributed by atoms with Crippen molar-refractivity contribution in [2.45, 2.75) is 19.4 Å². The summed E-state index contributed by atoms with van der Waals surface area (Å²) >= 11 is 0. The Labute approximate surface area is 191 Å². The molecular weight excluding hydrogens is 424 g/mol. The van der Waals surface area contributed by atoms with Crippen molar-refractivity contribution < 1.29 is 24.0 Å². The van der Waals surface area contributed by atoms with Gasteiger partial charge >= 0.3 is 12.1 Å². The zero-order valence-corrected chi connectivity index (χ0v) is 18.3. The number of rotatable bonds is 7. The number of hydrogen-bond acceptors (Lipinski definition) is 7. The number of amides is 1. The Balaban J connectivity index is 1.32. The molecule has 2 heterocycles. The van der Waals surface area contributed by atoms with Crippen LogP contribution in [0.1, 0.15) is 24.2 Å². The number of benzene rings is 2. The van der Waals surface area contributed by atoms with Gasteiger partial charge in [-0.1, -0.05) is 47.6 Å². The monoisotopic (exact) mass is 450 g/mol. The van der Waals surface area contributed by atoms with Gasteiger partial charge in [-0.3, -0.25) is 10.1 Å². The van der Waals surface area contributed by atoms with E-state index in [9.17, 15) is 9.59 Å². The first-order chi connectivity index (χ1) is 16.0. The van der Waals surface area contributed by atoms with Gasteiger partial charge in [-0.15, -0.1) is 0 Å². The summed E-state index contributed by atoms with van der Waals surface area (Å²) in [7, 11) is 0. The number of hydrogen-bond donors (Lipinski definition) is 2. The van der Waals surface area contributed by atoms with Crippen molar-refractivity contribution in [1.82, 2.24) is 5.16 Å². The van der Waals surface area contributed by atoms with Crippen molar-refractivity contribution in [3.05, 3.63) is 71.9 Å². The molecule has 9 nitrogen and oxygen atoms in total. The summed E-state index contributed by atoms with van der Waals surface area (Å²) in [6, 6.07) is 17.1. The van der Waals surface area contributed by atoms with Crippen LogP contribution in [0.4, 0.5) is 22.1 Å². The van der Waals surface area contributed by atoms with Crippen LogP contribution < -0.4 is 15.1 Å². The number of aromatic nitrogens is 1. The number of nitrogens with zero attached hydrogens (tertiary/aromatic N) is 3. The second-order valence-corrected chi connectivity index (χ2v) is 7.84. The van der Waals surface area contributed by atoms with Gasteiger partial charge in [0.2, 0.25) is 0 Å². The maximum Gasteiger partial charge on any atom is 0.412 e. The summed E-state index contributed by atoms with van der Waals surface area (Å²) in [5.74, 6) is -0.345. The fourth-order valence-electron chi connectivity index (χ4n) is 3.81. The molecule has 9 heteroatoms. The molecule has 0 radical (unpaired) electrons. The zero-order valence-electron chi connectivity index (χ0n) is 18.3. The molecule has 0 bridgehead atoms. The van der Waals surface area contributed by atoms with Crippen molar-refractivity contribution in [1.29, 1.82) is 0 Å². The molecule has 172 valence electrons. The number of piperazine rings is 1. The molecule has 3 aromatic rings. The van der Waals surface area contributed by atoms with Crippen molar-refractivity contribution in [2.24, 2.45) is 0 Å². The minimum Gasteiger partial charge on any atom is -0.481 e. The highest BCUT2D eigenvalue weighted by molar-refractivity contribution is 5.88. The number of anilines is 3. The van der Waals surface area contributed by atoms with Crippen molar-refractivity contribution in [3.63, 3.8) is 0 Å². The topological polar surface area (TPSA) is 108 Å². The highest BCUT2D eigenvalue weighted by Gasteiger charge is 2.24. The molecule has 2 aromatic carbocycles. The lowest BCUT2D eigenvalue weighted by Gasteiger charge is -2.36. The van der Waals surface area contributed by atoms with Crippen LogP contribution in [0.2, 0.25) is 0 Å². The Hall–Kier alpha value is -4.01. The lowest BCUT2D eigenvalue weighted by Crippen LogP contribution is -2.46. The normalized spacial score (nSPS) is 14.6. The largest absolute Gasteiger partial charge is 0.481 e. The first-order valence-corrected chi connectivity index (χ1v) is 10.8. The molecule has 4 rings (SSSR count). The van der Waals surface area contributed by atoms with Gasteiger partial charge < -0.3 is 24.2 Å². The van der Waals surface area contributed by atoms with Gasteiger partial charge in [0.05, 0.1) is 12.6 Å². The van der Waals surface area contributed by atoms with E-state index in [1.807, 2.05) is 66.4 Å². The second kappa shape index (κ2) is 10.1. The first kappa shape index (κ1) is 22.2. The lowest BCUT2D eigenvalue weighted by atomic mass is 10.1. The SMILES string of the molecule is CC(OC(=O)Nc1cnoc1N1CCN(c2ccc(CC(=O)O)cc2)CC1)c1ccccc1. The molecule has 2 N–H and O–H groups in total. The number of carboxylic acid groups (broad SMARTS) is 1. The van der Waals surface area contributed by atoms with Crippen LogP contribution in [0, 0.1) is 0 Å². The molecule has 1 saturated heterocycles. The highest BCUT2D eigenvalue weighted by atomic mass is 16.6. The maximum atomic E-state index is 12.4. The predicted molar refractivity (Wildman–Crippen MR) is 124 cm³/mol. The number of carbonyl (C=O) groups is 2. The minimum atomic E-state index is -0.841. The van der Waals surface area contributed by atoms with Crippen LogP contribution in [0.3, 0.4) is 0 Å². The number of aliphatic carboxylic acids is 1. The molecule has 33 heavy (non-hydrogen) atoms. The van der Waals surface area contributed by atoms with Crippen LogP contribution in [-0.4, -0.2) is 48.5 Å². The Morgan fingerprint density at radius 2 is 1.73 bits per heavy atom. The molecule has 1 aliphatic heterocycles. The van der Waals surface area contributed by atoms with E-state index in [1.54, 1.807) is 0 Å². The molecular formula is C24H26N4O5. The van der Waals surface area contributed by atoms with Crippen LogP contribution >= 0.6 is 0 Å². The van der Waals surface area contributed by atoms with Gasteiger partial charge in [0.1, 0.15) is 11.8 Å². The van der Waals surface area contributed by atoms with Gasteiger partial charge in [0.25, 0.3) is 5.88 Å². The third-order valence-corrected chi connectivity index (χ3v) is 5.56. The van der Waals surface area contributed by atoms with Gasteiger partial charge in [-0.2, -0.15) is 0 Å². The van der Waals surface area contributed by atoms with Crippen LogP contribution in [-0.2, 0) is 16.0 Å². The van der Waals surface area contributed by atoms with Gasteiger partial charge in [0.15, 0.2) is 0 Å². The molecule has 1 fully saturated rings. The molecule has 1 aromatic heterocycles. The molecule has 1 aliphatic rings. The third-order valence-electron chi connectivity index (χ3n) is 5.56. The fraction of sp³-hybridized carbons (Fsp3) is 0.292. The van der Waals surface area contributed by atoms with E-state index >= 15 is 0 Å². The minimum absolute atomic E-state index is 0.0158. The van der Waals surface area contributed by atoms with Crippen LogP contribution in [0.15, 0.2) is 65.3 Å². The predicted octanol–water partition coefficient (Wildman–Crippen LogP) is 3.94. The average molecular weight is 450 g/mol. The lowest BCUT2D eigenvalue weighted by molar-refractivity contribution is -0.136. The Bertz CT molecular complexity index is 1080. The molecule has 0 aliphatic carbocycles. The zero-order chi connectivity index (χ0) is 23.2. The molecule has 1 amide bonds. The number of carboxylic acids is 1. The quantitative estimate of drug-likeness (QED) is 0.557. The number of nitrogens with one attached hydrogen (secondary N) is 1. The summed E-state index contributed by atoms with van der Waals surface area (Å²) in [6.45, 7) is 4.66. The van der Waals surface area contributed by atoms with E-state index in [-0.39, 0.29) is 12.5 Å². The van der Waals surface area contributed by atoms with Gasteiger partial charge in [-0.25, -0.2) is 4.79 Å². The first-order valence-electron chi connectivity index (χ1n) is 10.8. The van der Waals surface area contributed by atoms with Crippen LogP contribution in [0.5, 0.6) is 0 Å². The smallest absolute Gasteiger partial charge is 0.412 e. The molecule has 0 saturated carbocycles. The Kier molecular flexibility index (Phi) is 6.77. The van der Waals surface area contributed by atoms with Gasteiger partial charge in [0, 0.05) is 31.9 Å². The Morgan fingerprint density at radius 1 is 1.06 bits per heavy atom. The van der Waals surface area contributed by atoms with Crippen molar-refractivity contribution in [3.8, 4) is 0 Å². The van der Waals surface area contributed by atoms with Crippen molar-refractivity contribution >= 4 is 29.3 Å². The average Bonchev–Trinajstić information content (AvgIpc) is 3.28. The van der Waals surface area contributed by atoms with E-state index < -0.39 is 12.1 Å². The molecule has 1 unspecified atom stereocenters. The molecule has 0 spiro atoms. The third kappa shape index (κ3) is 5.62. The summed E-state index contributed by atoms with van der Waals surface area (Å²) in [5, 5.41) is 15.5. The molecule has 1 atom stereocenters. The van der Waals surface area contributed by atoms with E-state index in [4.69, 9.17) is 14.4 Å². The number of ether oxygens (including phenoxy) is 1. The number of carbonyl (C=O) groups excluding carboxylic acids is 1. The standard InChI is InChI=1S/C24H26N4O5/c1-17(19-5-3-2-4-6-19)32-24(31)26-21-16-25-33-23(21)28-13-11-27(12-14-28)20-9-7-18(8-10-20)15-22(29)30/h2-10,16-17H,11-15H2,1H3,(H,26,31)(H,29,30). The Morgan fingerprint density at radius 3 is 2.39 bits per heavy atom. The van der Waals surface area contributed by atoms with Crippen LogP contribution in [0.25, 0.3) is 0 Å². The van der Waals surface area contributed by atoms with E-state index in [0.29, 0.717) is 24.7 Å². The summed E-state index contributed by atoms with van der Waals surface area (Å²) in [4.78, 5) is 27.5. The van der Waals surface area contributed by atoms with Crippen molar-refractivity contribution in [2.75, 3.05) is 41.3 Å². The summed E-state index contributed by atoms with van der Waals surface area (Å²) < 4.78 is 10.9. The summed E-state index contributed by atoms with van der Waals surface area (Å²) in [6.07, 6.45) is 0.523. The van der Waals surface area contributed by atoms with E-state index in [2.05, 4.69) is 15.4 Å². The summed E-state index contributed by atoms with van der Waals surface area (Å²) in [5.41, 5.74) is 3.19. The maximum absolute atomic E-state index is 12.4.